The first-order valence-corrected chi connectivity index (χ1v) is 7.40. The molecule has 1 aliphatic heterocycles. The van der Waals surface area contributed by atoms with Crippen molar-refractivity contribution in [3.8, 4) is 0 Å². The van der Waals surface area contributed by atoms with Crippen molar-refractivity contribution >= 4 is 10.2 Å². The van der Waals surface area contributed by atoms with Crippen LogP contribution in [0.5, 0.6) is 0 Å². The number of rotatable bonds is 4. The van der Waals surface area contributed by atoms with Gasteiger partial charge in [0.1, 0.15) is 0 Å². The third kappa shape index (κ3) is 3.52. The largest absolute Gasteiger partial charge is 0.379 e. The SMILES string of the molecule is Cc1ccc(CNS(=O)(=O)N2CCOCC2)cc1. The Morgan fingerprint density at radius 3 is 2.44 bits per heavy atom. The molecule has 1 aromatic carbocycles. The van der Waals surface area contributed by atoms with Crippen LogP contribution in [0, 0.1) is 6.92 Å². The first-order chi connectivity index (χ1) is 8.58. The minimum Gasteiger partial charge on any atom is -0.379 e. The van der Waals surface area contributed by atoms with Crippen molar-refractivity contribution in [3.63, 3.8) is 0 Å². The van der Waals surface area contributed by atoms with Crippen molar-refractivity contribution in [1.29, 1.82) is 0 Å². The lowest BCUT2D eigenvalue weighted by Crippen LogP contribution is -2.46. The first-order valence-electron chi connectivity index (χ1n) is 5.96. The summed E-state index contributed by atoms with van der Waals surface area (Å²) in [6.07, 6.45) is 0. The fraction of sp³-hybridized carbons (Fsp3) is 0.500. The predicted octanol–water partition coefficient (Wildman–Crippen LogP) is 0.662. The third-order valence-corrected chi connectivity index (χ3v) is 4.44. The summed E-state index contributed by atoms with van der Waals surface area (Å²) in [7, 11) is -3.39. The normalized spacial score (nSPS) is 17.8. The summed E-state index contributed by atoms with van der Waals surface area (Å²) in [6, 6.07) is 7.80. The summed E-state index contributed by atoms with van der Waals surface area (Å²) in [5.74, 6) is 0. The van der Waals surface area contributed by atoms with E-state index in [0.29, 0.717) is 32.8 Å². The molecule has 6 heteroatoms. The average molecular weight is 270 g/mol. The Labute approximate surface area is 108 Å². The minimum absolute atomic E-state index is 0.319. The maximum Gasteiger partial charge on any atom is 0.279 e. The molecule has 0 unspecified atom stereocenters. The summed E-state index contributed by atoms with van der Waals surface area (Å²) < 4.78 is 33.1. The molecule has 0 atom stereocenters. The Bertz CT molecular complexity index is 479. The fourth-order valence-electron chi connectivity index (χ4n) is 1.76. The molecule has 1 N–H and O–H groups in total. The monoisotopic (exact) mass is 270 g/mol. The van der Waals surface area contributed by atoms with Gasteiger partial charge in [0.15, 0.2) is 0 Å². The summed E-state index contributed by atoms with van der Waals surface area (Å²) >= 11 is 0. The van der Waals surface area contributed by atoms with Crippen molar-refractivity contribution in [3.05, 3.63) is 35.4 Å². The second kappa shape index (κ2) is 5.79. The number of nitrogens with one attached hydrogen (secondary N) is 1. The van der Waals surface area contributed by atoms with Crippen molar-refractivity contribution in [2.45, 2.75) is 13.5 Å². The highest BCUT2D eigenvalue weighted by atomic mass is 32.2. The predicted molar refractivity (Wildman–Crippen MR) is 69.3 cm³/mol. The van der Waals surface area contributed by atoms with E-state index >= 15 is 0 Å². The molecule has 0 aliphatic carbocycles. The molecule has 0 spiro atoms. The lowest BCUT2D eigenvalue weighted by molar-refractivity contribution is 0.0725. The zero-order valence-electron chi connectivity index (χ0n) is 10.4. The number of hydrogen-bond donors (Lipinski definition) is 1. The van der Waals surface area contributed by atoms with Gasteiger partial charge in [0, 0.05) is 19.6 Å². The molecule has 1 saturated heterocycles. The highest BCUT2D eigenvalue weighted by molar-refractivity contribution is 7.87. The van der Waals surface area contributed by atoms with Gasteiger partial charge in [-0.05, 0) is 12.5 Å². The fourth-order valence-corrected chi connectivity index (χ4v) is 2.92. The standard InChI is InChI=1S/C12H18N2O3S/c1-11-2-4-12(5-3-11)10-13-18(15,16)14-6-8-17-9-7-14/h2-5,13H,6-10H2,1H3. The van der Waals surface area contributed by atoms with Crippen LogP contribution in [0.4, 0.5) is 0 Å². The minimum atomic E-state index is -3.39. The quantitative estimate of drug-likeness (QED) is 0.874. The maximum absolute atomic E-state index is 12.0. The van der Waals surface area contributed by atoms with Gasteiger partial charge in [0.2, 0.25) is 0 Å². The molecule has 0 amide bonds. The topological polar surface area (TPSA) is 58.6 Å². The van der Waals surface area contributed by atoms with Gasteiger partial charge in [-0.3, -0.25) is 0 Å². The van der Waals surface area contributed by atoms with Crippen LogP contribution in [0.25, 0.3) is 0 Å². The van der Waals surface area contributed by atoms with E-state index in [9.17, 15) is 8.42 Å². The average Bonchev–Trinajstić information content (AvgIpc) is 2.39. The second-order valence-corrected chi connectivity index (χ2v) is 6.08. The summed E-state index contributed by atoms with van der Waals surface area (Å²) in [5.41, 5.74) is 2.12. The van der Waals surface area contributed by atoms with E-state index in [-0.39, 0.29) is 0 Å². The zero-order valence-corrected chi connectivity index (χ0v) is 11.2. The number of nitrogens with zero attached hydrogens (tertiary/aromatic N) is 1. The Morgan fingerprint density at radius 2 is 1.83 bits per heavy atom. The van der Waals surface area contributed by atoms with Crippen molar-refractivity contribution in [2.24, 2.45) is 0 Å². The number of hydrogen-bond acceptors (Lipinski definition) is 3. The van der Waals surface area contributed by atoms with Crippen LogP contribution >= 0.6 is 0 Å². The van der Waals surface area contributed by atoms with Crippen LogP contribution in [0.15, 0.2) is 24.3 Å². The van der Waals surface area contributed by atoms with Crippen LogP contribution in [-0.2, 0) is 21.5 Å². The van der Waals surface area contributed by atoms with E-state index in [0.717, 1.165) is 11.1 Å². The van der Waals surface area contributed by atoms with E-state index < -0.39 is 10.2 Å². The van der Waals surface area contributed by atoms with Gasteiger partial charge in [-0.25, -0.2) is 0 Å². The van der Waals surface area contributed by atoms with Crippen molar-refractivity contribution in [1.82, 2.24) is 9.03 Å². The van der Waals surface area contributed by atoms with Gasteiger partial charge in [0.25, 0.3) is 10.2 Å². The molecule has 0 aromatic heterocycles. The molecule has 0 radical (unpaired) electrons. The Balaban J connectivity index is 1.94. The second-order valence-electron chi connectivity index (χ2n) is 4.32. The molecular weight excluding hydrogens is 252 g/mol. The highest BCUT2D eigenvalue weighted by Gasteiger charge is 2.23. The summed E-state index contributed by atoms with van der Waals surface area (Å²) in [5, 5.41) is 0. The van der Waals surface area contributed by atoms with Gasteiger partial charge in [-0.1, -0.05) is 29.8 Å². The van der Waals surface area contributed by atoms with Gasteiger partial charge in [0.05, 0.1) is 13.2 Å². The van der Waals surface area contributed by atoms with Crippen LogP contribution in [0.3, 0.4) is 0 Å². The molecule has 1 fully saturated rings. The third-order valence-electron chi connectivity index (χ3n) is 2.89. The molecule has 1 aromatic rings. The van der Waals surface area contributed by atoms with Crippen LogP contribution in [0.2, 0.25) is 0 Å². The lowest BCUT2D eigenvalue weighted by atomic mass is 10.2. The van der Waals surface area contributed by atoms with E-state index in [4.69, 9.17) is 4.74 Å². The Kier molecular flexibility index (Phi) is 4.34. The van der Waals surface area contributed by atoms with Crippen molar-refractivity contribution < 1.29 is 13.2 Å². The van der Waals surface area contributed by atoms with E-state index in [1.807, 2.05) is 31.2 Å². The van der Waals surface area contributed by atoms with Crippen LogP contribution < -0.4 is 4.72 Å². The molecule has 2 rings (SSSR count). The number of ether oxygens (including phenoxy) is 1. The van der Waals surface area contributed by atoms with Gasteiger partial charge >= 0.3 is 0 Å². The smallest absolute Gasteiger partial charge is 0.279 e. The number of benzene rings is 1. The maximum atomic E-state index is 12.0. The van der Waals surface area contributed by atoms with Gasteiger partial charge in [-0.2, -0.15) is 17.4 Å². The first kappa shape index (κ1) is 13.5. The molecular formula is C12H18N2O3S. The van der Waals surface area contributed by atoms with Gasteiger partial charge in [-0.15, -0.1) is 0 Å². The molecule has 0 saturated carbocycles. The van der Waals surface area contributed by atoms with E-state index in [1.54, 1.807) is 0 Å². The lowest BCUT2D eigenvalue weighted by Gasteiger charge is -2.26. The van der Waals surface area contributed by atoms with Crippen LogP contribution in [0.1, 0.15) is 11.1 Å². The molecule has 100 valence electrons. The number of aryl methyl sites for hydroxylation is 1. The Hall–Kier alpha value is -0.950. The zero-order chi connectivity index (χ0) is 13.0. The van der Waals surface area contributed by atoms with E-state index in [2.05, 4.69) is 4.72 Å². The van der Waals surface area contributed by atoms with E-state index in [1.165, 1.54) is 4.31 Å². The summed E-state index contributed by atoms with van der Waals surface area (Å²) in [6.45, 7) is 4.09. The number of morpholine rings is 1. The summed E-state index contributed by atoms with van der Waals surface area (Å²) in [4.78, 5) is 0. The molecule has 0 bridgehead atoms. The highest BCUT2D eigenvalue weighted by Crippen LogP contribution is 2.06. The van der Waals surface area contributed by atoms with Crippen LogP contribution in [-0.4, -0.2) is 39.0 Å². The van der Waals surface area contributed by atoms with Crippen molar-refractivity contribution in [2.75, 3.05) is 26.3 Å². The van der Waals surface area contributed by atoms with Gasteiger partial charge < -0.3 is 4.74 Å². The Morgan fingerprint density at radius 1 is 1.22 bits per heavy atom. The molecule has 1 heterocycles. The molecule has 18 heavy (non-hydrogen) atoms. The molecule has 1 aliphatic rings. The molecule has 5 nitrogen and oxygen atoms in total.